The van der Waals surface area contributed by atoms with Crippen molar-refractivity contribution in [3.8, 4) is 0 Å². The maximum absolute atomic E-state index is 14.4. The first-order chi connectivity index (χ1) is 17.8. The third-order valence-corrected chi connectivity index (χ3v) is 8.18. The summed E-state index contributed by atoms with van der Waals surface area (Å²) < 4.78 is 29.9. The number of rotatable bonds is 6. The highest BCUT2D eigenvalue weighted by atomic mass is 16.6. The maximum atomic E-state index is 14.4. The van der Waals surface area contributed by atoms with Crippen LogP contribution < -0.4 is 0 Å². The molecule has 0 amide bonds. The van der Waals surface area contributed by atoms with Gasteiger partial charge in [0.25, 0.3) is 0 Å². The van der Waals surface area contributed by atoms with Crippen LogP contribution in [0, 0.1) is 17.3 Å². The Bertz CT molecular complexity index is 1140. The predicted octanol–water partition coefficient (Wildman–Crippen LogP) is 2.80. The van der Waals surface area contributed by atoms with Gasteiger partial charge in [0.15, 0.2) is 11.9 Å². The van der Waals surface area contributed by atoms with Crippen LogP contribution in [0.25, 0.3) is 0 Å². The summed E-state index contributed by atoms with van der Waals surface area (Å²) in [5.74, 6) is -4.62. The summed E-state index contributed by atoms with van der Waals surface area (Å²) in [7, 11) is 0. The fraction of sp³-hybridized carbons (Fsp3) is 0.607. The lowest BCUT2D eigenvalue weighted by molar-refractivity contribution is -0.296. The third kappa shape index (κ3) is 4.19. The molecular formula is C28H34O10. The number of hydrogen-bond acceptors (Lipinski definition) is 10. The van der Waals surface area contributed by atoms with Crippen LogP contribution in [-0.4, -0.2) is 65.8 Å². The van der Waals surface area contributed by atoms with Gasteiger partial charge in [0, 0.05) is 20.8 Å². The molecule has 0 aromatic heterocycles. The largest absolute Gasteiger partial charge is 0.465 e. The van der Waals surface area contributed by atoms with E-state index in [1.807, 2.05) is 6.92 Å². The molecule has 2 saturated carbocycles. The molecule has 1 aliphatic heterocycles. The fourth-order valence-corrected chi connectivity index (χ4v) is 6.89. The summed E-state index contributed by atoms with van der Waals surface area (Å²) in [4.78, 5) is 64.5. The van der Waals surface area contributed by atoms with Crippen molar-refractivity contribution in [2.75, 3.05) is 6.61 Å². The second-order valence-electron chi connectivity index (χ2n) is 11.0. The van der Waals surface area contributed by atoms with Crippen molar-refractivity contribution in [1.82, 2.24) is 0 Å². The van der Waals surface area contributed by atoms with Crippen molar-refractivity contribution in [3.63, 3.8) is 0 Å². The van der Waals surface area contributed by atoms with Crippen LogP contribution >= 0.6 is 0 Å². The maximum Gasteiger partial charge on any atom is 0.338 e. The highest BCUT2D eigenvalue weighted by Gasteiger charge is 2.83. The smallest absolute Gasteiger partial charge is 0.338 e. The minimum Gasteiger partial charge on any atom is -0.465 e. The SMILES string of the molecule is CC(=O)OC[C@@]12[C@@H](OC(C)=O)CC[C@@H](C)[C@]13OC(C)(C)[C@H](C(=O)[C@H]2OC(=O)c1ccccc1)[C@H]3OC(C)=O. The van der Waals surface area contributed by atoms with E-state index in [0.717, 1.165) is 0 Å². The van der Waals surface area contributed by atoms with E-state index in [9.17, 15) is 24.0 Å². The third-order valence-electron chi connectivity index (χ3n) is 8.18. The standard InChI is InChI=1S/C28H34O10/c1-15-12-13-20(35-17(3)30)27(14-34-16(2)29)24(37-25(33)19-10-8-7-9-11-19)22(32)21-23(36-18(4)31)28(15,27)38-26(21,5)6/h7-11,15,20-21,23-24H,12-14H2,1-6H3/t15-,20+,21-,23-,24-,27+,28-/m1/s1. The quantitative estimate of drug-likeness (QED) is 0.399. The molecule has 4 rings (SSSR count). The molecule has 1 saturated heterocycles. The Hall–Kier alpha value is -3.27. The monoisotopic (exact) mass is 530 g/mol. The van der Waals surface area contributed by atoms with Crippen LogP contribution in [0.15, 0.2) is 30.3 Å². The van der Waals surface area contributed by atoms with Crippen LogP contribution in [0.5, 0.6) is 0 Å². The van der Waals surface area contributed by atoms with Crippen molar-refractivity contribution in [3.05, 3.63) is 35.9 Å². The molecule has 38 heavy (non-hydrogen) atoms. The Morgan fingerprint density at radius 1 is 0.921 bits per heavy atom. The number of carbonyl (C=O) groups is 5. The molecule has 10 heteroatoms. The molecule has 0 radical (unpaired) electrons. The number of hydrogen-bond donors (Lipinski definition) is 0. The zero-order valence-electron chi connectivity index (χ0n) is 22.5. The first kappa shape index (κ1) is 27.8. The Morgan fingerprint density at radius 3 is 2.13 bits per heavy atom. The minimum atomic E-state index is -1.70. The van der Waals surface area contributed by atoms with Gasteiger partial charge in [-0.05, 0) is 44.7 Å². The summed E-state index contributed by atoms with van der Waals surface area (Å²) in [5, 5.41) is 0. The molecule has 2 aliphatic carbocycles. The summed E-state index contributed by atoms with van der Waals surface area (Å²) in [5.41, 5.74) is -4.14. The van der Waals surface area contributed by atoms with E-state index in [4.69, 9.17) is 23.7 Å². The zero-order valence-corrected chi connectivity index (χ0v) is 22.5. The number of benzene rings is 1. The van der Waals surface area contributed by atoms with Crippen molar-refractivity contribution in [1.29, 1.82) is 0 Å². The Morgan fingerprint density at radius 2 is 1.55 bits per heavy atom. The van der Waals surface area contributed by atoms with Gasteiger partial charge in [0.2, 0.25) is 0 Å². The Labute approximate surface area is 221 Å². The van der Waals surface area contributed by atoms with Crippen LogP contribution in [0.2, 0.25) is 0 Å². The van der Waals surface area contributed by atoms with Crippen LogP contribution in [0.4, 0.5) is 0 Å². The molecule has 1 spiro atoms. The molecule has 206 valence electrons. The Balaban J connectivity index is 1.99. The van der Waals surface area contributed by atoms with Gasteiger partial charge in [-0.25, -0.2) is 4.79 Å². The van der Waals surface area contributed by atoms with Gasteiger partial charge in [-0.1, -0.05) is 25.1 Å². The molecule has 3 aliphatic rings. The average molecular weight is 531 g/mol. The first-order valence-electron chi connectivity index (χ1n) is 12.8. The van der Waals surface area contributed by atoms with E-state index in [1.54, 1.807) is 44.2 Å². The normalized spacial score (nSPS) is 35.0. The summed E-state index contributed by atoms with van der Waals surface area (Å²) in [6, 6.07) is 8.15. The topological polar surface area (TPSA) is 132 Å². The van der Waals surface area contributed by atoms with Gasteiger partial charge < -0.3 is 23.7 Å². The van der Waals surface area contributed by atoms with Crippen LogP contribution in [0.1, 0.15) is 64.7 Å². The lowest BCUT2D eigenvalue weighted by atomic mass is 9.48. The summed E-state index contributed by atoms with van der Waals surface area (Å²) >= 11 is 0. The van der Waals surface area contributed by atoms with Crippen molar-refractivity contribution in [2.24, 2.45) is 17.3 Å². The summed E-state index contributed by atoms with van der Waals surface area (Å²) in [6.45, 7) is 8.50. The van der Waals surface area contributed by atoms with Gasteiger partial charge in [-0.2, -0.15) is 0 Å². The van der Waals surface area contributed by atoms with Crippen molar-refractivity contribution >= 4 is 29.7 Å². The van der Waals surface area contributed by atoms with E-state index in [0.29, 0.717) is 6.42 Å². The highest BCUT2D eigenvalue weighted by molar-refractivity contribution is 5.96. The molecular weight excluding hydrogens is 496 g/mol. The molecule has 7 atom stereocenters. The second-order valence-corrected chi connectivity index (χ2v) is 11.0. The molecule has 1 aromatic carbocycles. The van der Waals surface area contributed by atoms with Gasteiger partial charge in [0.05, 0.1) is 17.1 Å². The zero-order chi connectivity index (χ0) is 28.0. The number of Topliss-reactive ketones (excluding diaryl/α,β-unsaturated/α-hetero) is 1. The molecule has 1 heterocycles. The van der Waals surface area contributed by atoms with Crippen molar-refractivity contribution < 1.29 is 47.7 Å². The van der Waals surface area contributed by atoms with E-state index < -0.39 is 77.1 Å². The fourth-order valence-electron chi connectivity index (χ4n) is 6.89. The van der Waals surface area contributed by atoms with Crippen LogP contribution in [0.3, 0.4) is 0 Å². The molecule has 3 fully saturated rings. The number of fused-ring (bicyclic) bond motifs is 1. The number of ketones is 1. The van der Waals surface area contributed by atoms with E-state index >= 15 is 0 Å². The van der Waals surface area contributed by atoms with Gasteiger partial charge in [0.1, 0.15) is 29.8 Å². The molecule has 0 unspecified atom stereocenters. The number of esters is 4. The molecule has 1 aromatic rings. The Kier molecular flexibility index (Phi) is 7.16. The van der Waals surface area contributed by atoms with E-state index in [2.05, 4.69) is 0 Å². The average Bonchev–Trinajstić information content (AvgIpc) is 3.03. The van der Waals surface area contributed by atoms with Crippen molar-refractivity contribution in [2.45, 2.75) is 83.9 Å². The highest BCUT2D eigenvalue weighted by Crippen LogP contribution is 2.67. The van der Waals surface area contributed by atoms with Crippen LogP contribution in [-0.2, 0) is 42.9 Å². The predicted molar refractivity (Wildman–Crippen MR) is 131 cm³/mol. The lowest BCUT2D eigenvalue weighted by Gasteiger charge is -2.61. The first-order valence-corrected chi connectivity index (χ1v) is 12.8. The van der Waals surface area contributed by atoms with E-state index in [1.165, 1.54) is 20.8 Å². The van der Waals surface area contributed by atoms with Gasteiger partial charge >= 0.3 is 23.9 Å². The molecule has 0 N–H and O–H groups in total. The second kappa shape index (κ2) is 9.80. The minimum absolute atomic E-state index is 0.208. The van der Waals surface area contributed by atoms with Gasteiger partial charge in [-0.15, -0.1) is 0 Å². The lowest BCUT2D eigenvalue weighted by Crippen LogP contribution is -2.78. The number of carbonyl (C=O) groups excluding carboxylic acids is 5. The molecule has 10 nitrogen and oxygen atoms in total. The molecule has 2 bridgehead atoms. The van der Waals surface area contributed by atoms with Gasteiger partial charge in [-0.3, -0.25) is 19.2 Å². The number of ether oxygens (including phenoxy) is 5. The summed E-state index contributed by atoms with van der Waals surface area (Å²) in [6.07, 6.45) is -2.93. The van der Waals surface area contributed by atoms with E-state index in [-0.39, 0.29) is 17.9 Å².